The Morgan fingerprint density at radius 2 is 2.28 bits per heavy atom. The fraction of sp³-hybridized carbons (Fsp3) is 0.538. The third kappa shape index (κ3) is 1.97. The third-order valence-corrected chi connectivity index (χ3v) is 4.25. The normalized spacial score (nSPS) is 25.1. The molecule has 98 valence electrons. The van der Waals surface area contributed by atoms with E-state index in [1.807, 2.05) is 11.4 Å². The lowest BCUT2D eigenvalue weighted by Crippen LogP contribution is -2.51. The number of carbonyl (C=O) groups excluding carboxylic acids is 1. The molecule has 18 heavy (non-hydrogen) atoms. The highest BCUT2D eigenvalue weighted by Gasteiger charge is 2.46. The molecule has 2 heterocycles. The van der Waals surface area contributed by atoms with Crippen molar-refractivity contribution in [1.82, 2.24) is 0 Å². The molecule has 1 aliphatic heterocycles. The standard InChI is InChI=1S/C13H17NO3S/c1-4-7(15)10(14)9-11-8(5-6-18-11)17-13(2,3)12(9)16/h5-6,9,12,14,16H,4H2,1-3H3. The van der Waals surface area contributed by atoms with Gasteiger partial charge in [0.25, 0.3) is 0 Å². The van der Waals surface area contributed by atoms with E-state index in [1.165, 1.54) is 11.3 Å². The highest BCUT2D eigenvalue weighted by molar-refractivity contribution is 7.10. The Balaban J connectivity index is 2.46. The monoisotopic (exact) mass is 267 g/mol. The second kappa shape index (κ2) is 4.48. The Bertz CT molecular complexity index is 492. The van der Waals surface area contributed by atoms with Crippen molar-refractivity contribution in [2.45, 2.75) is 44.8 Å². The van der Waals surface area contributed by atoms with Crippen molar-refractivity contribution >= 4 is 22.8 Å². The van der Waals surface area contributed by atoms with Crippen LogP contribution in [0, 0.1) is 5.41 Å². The molecule has 0 saturated heterocycles. The lowest BCUT2D eigenvalue weighted by molar-refractivity contribution is -0.113. The lowest BCUT2D eigenvalue weighted by Gasteiger charge is -2.40. The number of nitrogens with one attached hydrogen (secondary N) is 1. The maximum atomic E-state index is 11.7. The molecule has 1 aromatic rings. The van der Waals surface area contributed by atoms with Gasteiger partial charge in [-0.05, 0) is 25.3 Å². The molecule has 2 unspecified atom stereocenters. The average molecular weight is 267 g/mol. The minimum Gasteiger partial charge on any atom is -0.484 e. The molecule has 2 atom stereocenters. The number of rotatable bonds is 3. The largest absolute Gasteiger partial charge is 0.484 e. The third-order valence-electron chi connectivity index (χ3n) is 3.27. The molecule has 0 saturated carbocycles. The van der Waals surface area contributed by atoms with Crippen LogP contribution in [-0.4, -0.2) is 28.3 Å². The van der Waals surface area contributed by atoms with Gasteiger partial charge in [0, 0.05) is 6.42 Å². The second-order valence-electron chi connectivity index (χ2n) is 4.97. The molecular weight excluding hydrogens is 250 g/mol. The number of hydrogen-bond donors (Lipinski definition) is 2. The highest BCUT2D eigenvalue weighted by atomic mass is 32.1. The van der Waals surface area contributed by atoms with E-state index in [0.29, 0.717) is 5.75 Å². The Morgan fingerprint density at radius 3 is 2.89 bits per heavy atom. The maximum absolute atomic E-state index is 11.7. The minimum absolute atomic E-state index is 0.0231. The average Bonchev–Trinajstić information content (AvgIpc) is 2.75. The van der Waals surface area contributed by atoms with Crippen molar-refractivity contribution in [3.8, 4) is 5.75 Å². The zero-order chi connectivity index (χ0) is 13.5. The summed E-state index contributed by atoms with van der Waals surface area (Å²) in [5.74, 6) is -0.124. The van der Waals surface area contributed by atoms with E-state index >= 15 is 0 Å². The number of Topliss-reactive ketones (excluding diaryl/α,β-unsaturated/α-hetero) is 1. The fourth-order valence-electron chi connectivity index (χ4n) is 2.16. The summed E-state index contributed by atoms with van der Waals surface area (Å²) < 4.78 is 5.72. The molecule has 0 bridgehead atoms. The molecule has 2 rings (SSSR count). The molecule has 2 N–H and O–H groups in total. The maximum Gasteiger partial charge on any atom is 0.176 e. The Morgan fingerprint density at radius 1 is 1.61 bits per heavy atom. The van der Waals surface area contributed by atoms with Crippen LogP contribution >= 0.6 is 11.3 Å². The van der Waals surface area contributed by atoms with Gasteiger partial charge >= 0.3 is 0 Å². The Labute approximate surface area is 110 Å². The van der Waals surface area contributed by atoms with Crippen LogP contribution in [0.2, 0.25) is 0 Å². The van der Waals surface area contributed by atoms with Gasteiger partial charge in [-0.3, -0.25) is 4.79 Å². The Kier molecular flexibility index (Phi) is 3.29. The van der Waals surface area contributed by atoms with Crippen LogP contribution in [0.4, 0.5) is 0 Å². The molecule has 0 aliphatic carbocycles. The lowest BCUT2D eigenvalue weighted by atomic mass is 9.81. The number of fused-ring (bicyclic) bond motifs is 1. The van der Waals surface area contributed by atoms with Gasteiger partial charge in [0.15, 0.2) is 5.78 Å². The van der Waals surface area contributed by atoms with E-state index in [4.69, 9.17) is 10.1 Å². The zero-order valence-corrected chi connectivity index (χ0v) is 11.5. The molecule has 1 aliphatic rings. The Hall–Kier alpha value is -1.20. The van der Waals surface area contributed by atoms with Crippen LogP contribution in [0.25, 0.3) is 0 Å². The van der Waals surface area contributed by atoms with Crippen molar-refractivity contribution in [2.24, 2.45) is 0 Å². The van der Waals surface area contributed by atoms with Gasteiger partial charge in [0.1, 0.15) is 17.5 Å². The predicted molar refractivity (Wildman–Crippen MR) is 70.8 cm³/mol. The summed E-state index contributed by atoms with van der Waals surface area (Å²) in [4.78, 5) is 12.5. The molecule has 0 aromatic carbocycles. The first kappa shape index (κ1) is 13.2. The zero-order valence-electron chi connectivity index (χ0n) is 10.7. The molecule has 0 radical (unpaired) electrons. The minimum atomic E-state index is -0.883. The summed E-state index contributed by atoms with van der Waals surface area (Å²) in [5, 5.41) is 20.2. The van der Waals surface area contributed by atoms with Gasteiger partial charge in [-0.2, -0.15) is 0 Å². The van der Waals surface area contributed by atoms with E-state index in [2.05, 4.69) is 0 Å². The van der Waals surface area contributed by atoms with Crippen molar-refractivity contribution < 1.29 is 14.6 Å². The summed E-state index contributed by atoms with van der Waals surface area (Å²) in [5.41, 5.74) is -0.816. The van der Waals surface area contributed by atoms with Crippen LogP contribution < -0.4 is 4.74 Å². The molecule has 0 fully saturated rings. The fourth-order valence-corrected chi connectivity index (χ4v) is 3.12. The van der Waals surface area contributed by atoms with Crippen LogP contribution in [0.15, 0.2) is 11.4 Å². The molecule has 0 amide bonds. The number of thiophene rings is 1. The first-order valence-electron chi connectivity index (χ1n) is 5.94. The van der Waals surface area contributed by atoms with Gasteiger partial charge in [-0.1, -0.05) is 6.92 Å². The van der Waals surface area contributed by atoms with Crippen LogP contribution in [-0.2, 0) is 4.79 Å². The van der Waals surface area contributed by atoms with Crippen molar-refractivity contribution in [2.75, 3.05) is 0 Å². The van der Waals surface area contributed by atoms with E-state index in [1.54, 1.807) is 20.8 Å². The van der Waals surface area contributed by atoms with Gasteiger partial charge in [0.05, 0.1) is 16.5 Å². The number of carbonyl (C=O) groups is 1. The SMILES string of the molecule is CCC(=O)C(=N)C1c2sccc2OC(C)(C)C1O. The van der Waals surface area contributed by atoms with Crippen LogP contribution in [0.5, 0.6) is 5.75 Å². The number of ether oxygens (including phenoxy) is 1. The second-order valence-corrected chi connectivity index (χ2v) is 5.92. The number of ketones is 1. The van der Waals surface area contributed by atoms with E-state index in [9.17, 15) is 9.90 Å². The van der Waals surface area contributed by atoms with Crippen LogP contribution in [0.1, 0.15) is 38.0 Å². The summed E-state index contributed by atoms with van der Waals surface area (Å²) in [7, 11) is 0. The van der Waals surface area contributed by atoms with E-state index < -0.39 is 17.6 Å². The number of hydrogen-bond acceptors (Lipinski definition) is 5. The van der Waals surface area contributed by atoms with Gasteiger partial charge < -0.3 is 15.3 Å². The summed E-state index contributed by atoms with van der Waals surface area (Å²) in [6.45, 7) is 5.27. The molecule has 0 spiro atoms. The van der Waals surface area contributed by atoms with Crippen molar-refractivity contribution in [1.29, 1.82) is 5.41 Å². The van der Waals surface area contributed by atoms with Gasteiger partial charge in [0.2, 0.25) is 0 Å². The van der Waals surface area contributed by atoms with Gasteiger partial charge in [-0.15, -0.1) is 11.3 Å². The predicted octanol–water partition coefficient (Wildman–Crippen LogP) is 2.36. The quantitative estimate of drug-likeness (QED) is 0.826. The molecule has 1 aromatic heterocycles. The van der Waals surface area contributed by atoms with E-state index in [0.717, 1.165) is 4.88 Å². The summed E-state index contributed by atoms with van der Waals surface area (Å²) in [6, 6.07) is 1.82. The van der Waals surface area contributed by atoms with Crippen molar-refractivity contribution in [3.63, 3.8) is 0 Å². The topological polar surface area (TPSA) is 70.4 Å². The number of aliphatic hydroxyl groups is 1. The van der Waals surface area contributed by atoms with Crippen LogP contribution in [0.3, 0.4) is 0 Å². The first-order valence-corrected chi connectivity index (χ1v) is 6.82. The first-order chi connectivity index (χ1) is 8.38. The van der Waals surface area contributed by atoms with Gasteiger partial charge in [-0.25, -0.2) is 0 Å². The number of aliphatic hydroxyl groups excluding tert-OH is 1. The smallest absolute Gasteiger partial charge is 0.176 e. The van der Waals surface area contributed by atoms with E-state index in [-0.39, 0.29) is 17.9 Å². The molecule has 4 nitrogen and oxygen atoms in total. The summed E-state index contributed by atoms with van der Waals surface area (Å²) >= 11 is 1.42. The van der Waals surface area contributed by atoms with Crippen molar-refractivity contribution in [3.05, 3.63) is 16.3 Å². The molecular formula is C13H17NO3S. The summed E-state index contributed by atoms with van der Waals surface area (Å²) in [6.07, 6.45) is -0.601. The molecule has 5 heteroatoms. The highest BCUT2D eigenvalue weighted by Crippen LogP contribution is 2.44.